The Bertz CT molecular complexity index is 1040. The fourth-order valence-corrected chi connectivity index (χ4v) is 3.47. The number of methoxy groups -OCH3 is 2. The number of rotatable bonds is 11. The number of hydrogen-bond donors (Lipinski definition) is 2. The van der Waals surface area contributed by atoms with Crippen LogP contribution in [0.5, 0.6) is 11.5 Å². The predicted octanol–water partition coefficient (Wildman–Crippen LogP) is 2.75. The second kappa shape index (κ2) is 10.9. The van der Waals surface area contributed by atoms with Gasteiger partial charge in [0.25, 0.3) is 0 Å². The van der Waals surface area contributed by atoms with Crippen molar-refractivity contribution in [2.75, 3.05) is 38.9 Å². The molecule has 166 valence electrons. The average molecular weight is 445 g/mol. The van der Waals surface area contributed by atoms with Crippen LogP contribution in [-0.4, -0.2) is 59.2 Å². The van der Waals surface area contributed by atoms with Crippen LogP contribution in [0.1, 0.15) is 18.9 Å². The Morgan fingerprint density at radius 3 is 2.68 bits per heavy atom. The lowest BCUT2D eigenvalue weighted by Crippen LogP contribution is -2.29. The molecule has 3 aromatic rings. The van der Waals surface area contributed by atoms with Crippen molar-refractivity contribution in [1.29, 1.82) is 0 Å². The topological polar surface area (TPSA) is 103 Å². The highest BCUT2D eigenvalue weighted by Crippen LogP contribution is 2.27. The van der Waals surface area contributed by atoms with Crippen LogP contribution in [0.25, 0.3) is 11.0 Å². The molecule has 1 aromatic carbocycles. The fraction of sp³-hybridized carbons (Fsp3) is 0.429. The van der Waals surface area contributed by atoms with Crippen LogP contribution in [0.15, 0.2) is 29.6 Å². The minimum atomic E-state index is -0.0755. The number of aromatic nitrogens is 4. The van der Waals surface area contributed by atoms with Gasteiger partial charge in [0.15, 0.2) is 22.3 Å². The maximum atomic E-state index is 12.4. The Balaban J connectivity index is 1.63. The van der Waals surface area contributed by atoms with Gasteiger partial charge in [-0.25, -0.2) is 14.6 Å². The predicted molar refractivity (Wildman–Crippen MR) is 122 cm³/mol. The van der Waals surface area contributed by atoms with E-state index in [2.05, 4.69) is 32.6 Å². The molecular formula is C21H28N6O3S. The quantitative estimate of drug-likeness (QED) is 0.344. The molecule has 0 atom stereocenters. The number of carbonyl (C=O) groups is 1. The molecule has 2 N–H and O–H groups in total. The molecule has 0 bridgehead atoms. The summed E-state index contributed by atoms with van der Waals surface area (Å²) < 4.78 is 12.3. The minimum Gasteiger partial charge on any atom is -0.493 e. The molecule has 0 aliphatic rings. The Hall–Kier alpha value is -3.01. The molecule has 0 saturated heterocycles. The summed E-state index contributed by atoms with van der Waals surface area (Å²) in [5.74, 6) is 1.96. The summed E-state index contributed by atoms with van der Waals surface area (Å²) in [4.78, 5) is 21.5. The number of thioether (sulfide) groups is 1. The zero-order chi connectivity index (χ0) is 22.2. The number of benzene rings is 1. The van der Waals surface area contributed by atoms with E-state index in [9.17, 15) is 4.79 Å². The summed E-state index contributed by atoms with van der Waals surface area (Å²) in [5, 5.41) is 12.3. The Kier molecular flexibility index (Phi) is 7.94. The van der Waals surface area contributed by atoms with Crippen LogP contribution in [0.4, 0.5) is 5.82 Å². The number of amides is 1. The monoisotopic (exact) mass is 444 g/mol. The van der Waals surface area contributed by atoms with E-state index in [-0.39, 0.29) is 12.3 Å². The summed E-state index contributed by atoms with van der Waals surface area (Å²) >= 11 is 1.49. The van der Waals surface area contributed by atoms with Crippen LogP contribution < -0.4 is 20.1 Å². The first-order valence-corrected chi connectivity index (χ1v) is 11.3. The molecule has 0 radical (unpaired) electrons. The molecule has 9 nitrogen and oxygen atoms in total. The van der Waals surface area contributed by atoms with Crippen LogP contribution in [0, 0.1) is 0 Å². The van der Waals surface area contributed by atoms with Crippen LogP contribution in [0.2, 0.25) is 0 Å². The van der Waals surface area contributed by atoms with Gasteiger partial charge >= 0.3 is 0 Å². The molecule has 2 heterocycles. The summed E-state index contributed by atoms with van der Waals surface area (Å²) in [6, 6.07) is 5.46. The number of ether oxygens (including phenoxy) is 2. The van der Waals surface area contributed by atoms with Gasteiger partial charge in [0.1, 0.15) is 5.82 Å². The smallest absolute Gasteiger partial charge is 0.224 e. The lowest BCUT2D eigenvalue weighted by molar-refractivity contribution is -0.120. The number of anilines is 1. The Labute approximate surface area is 185 Å². The third kappa shape index (κ3) is 5.57. The first-order valence-electron chi connectivity index (χ1n) is 10.1. The van der Waals surface area contributed by atoms with Crippen molar-refractivity contribution in [3.63, 3.8) is 0 Å². The maximum absolute atomic E-state index is 12.4. The van der Waals surface area contributed by atoms with Gasteiger partial charge in [-0.1, -0.05) is 24.8 Å². The van der Waals surface area contributed by atoms with Crippen molar-refractivity contribution < 1.29 is 14.3 Å². The van der Waals surface area contributed by atoms with E-state index < -0.39 is 0 Å². The highest BCUT2D eigenvalue weighted by Gasteiger charge is 2.13. The van der Waals surface area contributed by atoms with E-state index in [0.29, 0.717) is 29.7 Å². The second-order valence-corrected chi connectivity index (χ2v) is 7.58. The van der Waals surface area contributed by atoms with E-state index in [4.69, 9.17) is 9.47 Å². The molecule has 2 aromatic heterocycles. The number of nitrogens with zero attached hydrogens (tertiary/aromatic N) is 4. The number of carbonyl (C=O) groups excluding carboxylic acids is 1. The SMILES string of the molecule is CCCNc1nc(SC)nc2c1cnn2CCNC(=O)Cc1ccc(OC)c(OC)c1. The molecule has 1 amide bonds. The summed E-state index contributed by atoms with van der Waals surface area (Å²) in [5.41, 5.74) is 1.61. The summed E-state index contributed by atoms with van der Waals surface area (Å²) in [6.07, 6.45) is 4.97. The Morgan fingerprint density at radius 2 is 1.97 bits per heavy atom. The van der Waals surface area contributed by atoms with Crippen molar-refractivity contribution in [2.45, 2.75) is 31.5 Å². The van der Waals surface area contributed by atoms with Crippen LogP contribution in [0.3, 0.4) is 0 Å². The lowest BCUT2D eigenvalue weighted by atomic mass is 10.1. The first kappa shape index (κ1) is 22.7. The molecule has 10 heteroatoms. The molecule has 0 saturated carbocycles. The molecule has 0 spiro atoms. The van der Waals surface area contributed by atoms with Crippen LogP contribution in [-0.2, 0) is 17.8 Å². The largest absolute Gasteiger partial charge is 0.493 e. The van der Waals surface area contributed by atoms with Gasteiger partial charge in [0.2, 0.25) is 5.91 Å². The van der Waals surface area contributed by atoms with Gasteiger partial charge < -0.3 is 20.1 Å². The molecule has 0 fully saturated rings. The van der Waals surface area contributed by atoms with Gasteiger partial charge in [-0.15, -0.1) is 0 Å². The van der Waals surface area contributed by atoms with Crippen molar-refractivity contribution in [3.8, 4) is 11.5 Å². The maximum Gasteiger partial charge on any atom is 0.224 e. The van der Waals surface area contributed by atoms with E-state index in [1.54, 1.807) is 31.2 Å². The van der Waals surface area contributed by atoms with Gasteiger partial charge in [-0.3, -0.25) is 4.79 Å². The number of fused-ring (bicyclic) bond motifs is 1. The van der Waals surface area contributed by atoms with Crippen molar-refractivity contribution in [1.82, 2.24) is 25.1 Å². The van der Waals surface area contributed by atoms with Gasteiger partial charge in [-0.2, -0.15) is 5.10 Å². The lowest BCUT2D eigenvalue weighted by Gasteiger charge is -2.10. The van der Waals surface area contributed by atoms with Crippen LogP contribution >= 0.6 is 11.8 Å². The highest BCUT2D eigenvalue weighted by molar-refractivity contribution is 7.98. The molecular weight excluding hydrogens is 416 g/mol. The van der Waals surface area contributed by atoms with E-state index in [1.165, 1.54) is 11.8 Å². The first-order chi connectivity index (χ1) is 15.1. The normalized spacial score (nSPS) is 10.8. The van der Waals surface area contributed by atoms with Crippen molar-refractivity contribution >= 4 is 34.5 Å². The van der Waals surface area contributed by atoms with Gasteiger partial charge in [0, 0.05) is 13.1 Å². The van der Waals surface area contributed by atoms with Crippen molar-refractivity contribution in [3.05, 3.63) is 30.0 Å². The van der Waals surface area contributed by atoms with Gasteiger partial charge in [-0.05, 0) is 30.4 Å². The zero-order valence-corrected chi connectivity index (χ0v) is 19.1. The zero-order valence-electron chi connectivity index (χ0n) is 18.3. The highest BCUT2D eigenvalue weighted by atomic mass is 32.2. The minimum absolute atomic E-state index is 0.0755. The van der Waals surface area contributed by atoms with E-state index in [0.717, 1.165) is 35.4 Å². The average Bonchev–Trinajstić information content (AvgIpc) is 3.20. The third-order valence-electron chi connectivity index (χ3n) is 4.66. The number of nitrogens with one attached hydrogen (secondary N) is 2. The fourth-order valence-electron chi connectivity index (χ4n) is 3.11. The van der Waals surface area contributed by atoms with E-state index >= 15 is 0 Å². The van der Waals surface area contributed by atoms with Gasteiger partial charge in [0.05, 0.1) is 38.8 Å². The Morgan fingerprint density at radius 1 is 1.16 bits per heavy atom. The standard InChI is InChI=1S/C21H28N6O3S/c1-5-8-23-19-15-13-24-27(20(15)26-21(25-19)31-4)10-9-22-18(28)12-14-6-7-16(29-2)17(11-14)30-3/h6-7,11,13H,5,8-10,12H2,1-4H3,(H,22,28)(H,23,25,26). The summed E-state index contributed by atoms with van der Waals surface area (Å²) in [7, 11) is 3.16. The summed E-state index contributed by atoms with van der Waals surface area (Å²) in [6.45, 7) is 3.89. The molecule has 0 unspecified atom stereocenters. The van der Waals surface area contributed by atoms with E-state index in [1.807, 2.05) is 18.4 Å². The van der Waals surface area contributed by atoms with Crippen molar-refractivity contribution in [2.24, 2.45) is 0 Å². The molecule has 0 aliphatic heterocycles. The second-order valence-electron chi connectivity index (χ2n) is 6.81. The third-order valence-corrected chi connectivity index (χ3v) is 5.21. The number of hydrogen-bond acceptors (Lipinski definition) is 8. The molecule has 0 aliphatic carbocycles. The molecule has 3 rings (SSSR count). The molecule has 31 heavy (non-hydrogen) atoms.